The quantitative estimate of drug-likeness (QED) is 0.406. The van der Waals surface area contributed by atoms with Gasteiger partial charge in [-0.1, -0.05) is 60.7 Å². The van der Waals surface area contributed by atoms with Crippen LogP contribution in [0.3, 0.4) is 0 Å². The molecule has 7 nitrogen and oxygen atoms in total. The van der Waals surface area contributed by atoms with Crippen LogP contribution in [0.1, 0.15) is 16.1 Å². The summed E-state index contributed by atoms with van der Waals surface area (Å²) in [5, 5.41) is 27.1. The maximum Gasteiger partial charge on any atom is 0.226 e. The Bertz CT molecular complexity index is 1440. The predicted octanol–water partition coefficient (Wildman–Crippen LogP) is 4.47. The molecule has 0 radical (unpaired) electrons. The first kappa shape index (κ1) is 19.4. The summed E-state index contributed by atoms with van der Waals surface area (Å²) in [5.41, 5.74) is 1.75. The van der Waals surface area contributed by atoms with Crippen molar-refractivity contribution in [3.8, 4) is 28.9 Å². The summed E-state index contributed by atoms with van der Waals surface area (Å²) < 4.78 is 8.13. The van der Waals surface area contributed by atoms with Gasteiger partial charge in [0.25, 0.3) is 0 Å². The number of rotatable bonds is 5. The Morgan fingerprint density at radius 3 is 2.16 bits per heavy atom. The number of fused-ring (bicyclic) bond motifs is 1. The van der Waals surface area contributed by atoms with E-state index >= 15 is 0 Å². The predicted molar refractivity (Wildman–Crippen MR) is 120 cm³/mol. The number of benzene rings is 3. The summed E-state index contributed by atoms with van der Waals surface area (Å²) in [7, 11) is 1.51. The van der Waals surface area contributed by atoms with E-state index in [1.165, 1.54) is 16.4 Å². The van der Waals surface area contributed by atoms with Crippen LogP contribution in [0.25, 0.3) is 22.3 Å². The van der Waals surface area contributed by atoms with Crippen LogP contribution < -0.4 is 4.74 Å². The molecule has 0 saturated carbocycles. The third-order valence-electron chi connectivity index (χ3n) is 5.32. The van der Waals surface area contributed by atoms with Gasteiger partial charge in [-0.05, 0) is 24.3 Å². The summed E-state index contributed by atoms with van der Waals surface area (Å²) in [6.45, 7) is 0. The second kappa shape index (κ2) is 7.63. The normalized spacial score (nSPS) is 11.0. The van der Waals surface area contributed by atoms with Crippen molar-refractivity contribution >= 4 is 16.7 Å². The first-order valence-electron chi connectivity index (χ1n) is 9.95. The van der Waals surface area contributed by atoms with Crippen molar-refractivity contribution in [1.82, 2.24) is 14.3 Å². The van der Waals surface area contributed by atoms with Crippen LogP contribution in [0, 0.1) is 0 Å². The van der Waals surface area contributed by atoms with Crippen LogP contribution in [-0.2, 0) is 0 Å². The molecular formula is C25H19N3O4. The van der Waals surface area contributed by atoms with Gasteiger partial charge in [0.2, 0.25) is 17.5 Å². The Morgan fingerprint density at radius 1 is 0.844 bits per heavy atom. The maximum absolute atomic E-state index is 13.3. The summed E-state index contributed by atoms with van der Waals surface area (Å²) >= 11 is 0. The molecule has 32 heavy (non-hydrogen) atoms. The molecule has 0 unspecified atom stereocenters. The topological polar surface area (TPSA) is 89.5 Å². The van der Waals surface area contributed by atoms with E-state index in [-0.39, 0.29) is 34.1 Å². The van der Waals surface area contributed by atoms with E-state index in [1.807, 2.05) is 24.3 Å². The van der Waals surface area contributed by atoms with E-state index in [1.54, 1.807) is 60.7 Å². The largest absolute Gasteiger partial charge is 0.495 e. The number of carbonyl (C=O) groups excluding carboxylic acids is 1. The highest BCUT2D eigenvalue weighted by molar-refractivity contribution is 6.17. The van der Waals surface area contributed by atoms with Crippen molar-refractivity contribution in [3.05, 3.63) is 96.2 Å². The average Bonchev–Trinajstić information content (AvgIpc) is 3.36. The lowest BCUT2D eigenvalue weighted by Gasteiger charge is -2.12. The molecule has 0 aliphatic carbocycles. The van der Waals surface area contributed by atoms with E-state index in [2.05, 4.69) is 5.10 Å². The summed E-state index contributed by atoms with van der Waals surface area (Å²) in [4.78, 5) is 13.3. The Balaban J connectivity index is 1.85. The molecule has 0 saturated heterocycles. The van der Waals surface area contributed by atoms with E-state index in [0.717, 1.165) is 0 Å². The molecule has 3 aromatic carbocycles. The number of hydrogen-bond donors (Lipinski definition) is 2. The molecule has 2 N–H and O–H groups in total. The van der Waals surface area contributed by atoms with Crippen molar-refractivity contribution in [2.45, 2.75) is 0 Å². The van der Waals surface area contributed by atoms with Crippen LogP contribution in [0.2, 0.25) is 0 Å². The minimum absolute atomic E-state index is 0.0384. The number of aromatic nitrogens is 3. The van der Waals surface area contributed by atoms with E-state index in [4.69, 9.17) is 4.74 Å². The monoisotopic (exact) mass is 425 g/mol. The number of nitrogens with zero attached hydrogens (tertiary/aromatic N) is 3. The highest BCUT2D eigenvalue weighted by Crippen LogP contribution is 2.44. The summed E-state index contributed by atoms with van der Waals surface area (Å²) in [5.74, 6) is -0.474. The van der Waals surface area contributed by atoms with E-state index in [0.29, 0.717) is 22.7 Å². The van der Waals surface area contributed by atoms with Crippen LogP contribution in [0.5, 0.6) is 17.5 Å². The molecule has 0 aliphatic rings. The second-order valence-electron chi connectivity index (χ2n) is 7.17. The van der Waals surface area contributed by atoms with Crippen LogP contribution >= 0.6 is 0 Å². The molecule has 2 heterocycles. The molecule has 0 spiro atoms. The van der Waals surface area contributed by atoms with Crippen molar-refractivity contribution in [2.75, 3.05) is 7.11 Å². The van der Waals surface area contributed by atoms with Crippen molar-refractivity contribution in [3.63, 3.8) is 0 Å². The molecule has 0 atom stereocenters. The average molecular weight is 425 g/mol. The fourth-order valence-electron chi connectivity index (χ4n) is 3.84. The summed E-state index contributed by atoms with van der Waals surface area (Å²) in [6, 6.07) is 24.8. The Morgan fingerprint density at radius 2 is 1.47 bits per heavy atom. The number of hydrogen-bond acceptors (Lipinski definition) is 5. The number of methoxy groups -OCH3 is 1. The Labute approximate surface area is 183 Å². The molecular weight excluding hydrogens is 406 g/mol. The molecule has 2 aromatic heterocycles. The van der Waals surface area contributed by atoms with Gasteiger partial charge in [-0.25, -0.2) is 9.25 Å². The van der Waals surface area contributed by atoms with Crippen LogP contribution in [0.4, 0.5) is 0 Å². The first-order chi connectivity index (χ1) is 15.6. The standard InChI is InChI=1S/C25H19N3O4/c1-32-19-15-9-8-14-18(19)27-24(30)20-21(23(29)16-10-4-2-5-11-16)26-28(22(20)25(27)31)17-12-6-3-7-13-17/h2-15,30-31H,1H3. The fourth-order valence-corrected chi connectivity index (χ4v) is 3.84. The summed E-state index contributed by atoms with van der Waals surface area (Å²) in [6.07, 6.45) is 0. The van der Waals surface area contributed by atoms with E-state index in [9.17, 15) is 15.0 Å². The molecule has 5 rings (SSSR count). The first-order valence-corrected chi connectivity index (χ1v) is 9.95. The lowest BCUT2D eigenvalue weighted by Crippen LogP contribution is -2.06. The third kappa shape index (κ3) is 2.91. The highest BCUT2D eigenvalue weighted by atomic mass is 16.5. The number of para-hydroxylation sites is 3. The van der Waals surface area contributed by atoms with Crippen LogP contribution in [0.15, 0.2) is 84.9 Å². The third-order valence-corrected chi connectivity index (χ3v) is 5.32. The molecule has 0 fully saturated rings. The van der Waals surface area contributed by atoms with Gasteiger partial charge in [0.1, 0.15) is 17.0 Å². The number of ether oxygens (including phenoxy) is 1. The number of ketones is 1. The van der Waals surface area contributed by atoms with E-state index < -0.39 is 0 Å². The molecule has 0 bridgehead atoms. The van der Waals surface area contributed by atoms with Gasteiger partial charge in [-0.2, -0.15) is 5.10 Å². The van der Waals surface area contributed by atoms with Gasteiger partial charge in [0.05, 0.1) is 23.9 Å². The molecule has 158 valence electrons. The molecule has 7 heteroatoms. The number of aromatic hydroxyl groups is 2. The molecule has 0 aliphatic heterocycles. The van der Waals surface area contributed by atoms with Crippen molar-refractivity contribution < 1.29 is 19.7 Å². The van der Waals surface area contributed by atoms with Gasteiger partial charge in [-0.15, -0.1) is 0 Å². The molecule has 0 amide bonds. The zero-order chi connectivity index (χ0) is 22.2. The van der Waals surface area contributed by atoms with Gasteiger partial charge >= 0.3 is 0 Å². The minimum Gasteiger partial charge on any atom is -0.495 e. The van der Waals surface area contributed by atoms with Crippen molar-refractivity contribution in [2.24, 2.45) is 0 Å². The second-order valence-corrected chi connectivity index (χ2v) is 7.17. The fraction of sp³-hybridized carbons (Fsp3) is 0.0400. The lowest BCUT2D eigenvalue weighted by atomic mass is 10.1. The minimum atomic E-state index is -0.363. The SMILES string of the molecule is COc1ccccc1-n1c(O)c2c(C(=O)c3ccccc3)nn(-c3ccccc3)c2c1O. The Hall–Kier alpha value is -4.52. The smallest absolute Gasteiger partial charge is 0.226 e. The van der Waals surface area contributed by atoms with Gasteiger partial charge in [-0.3, -0.25) is 4.79 Å². The Kier molecular flexibility index (Phi) is 4.63. The van der Waals surface area contributed by atoms with Crippen LogP contribution in [-0.4, -0.2) is 37.5 Å². The van der Waals surface area contributed by atoms with Gasteiger partial charge in [0, 0.05) is 5.56 Å². The lowest BCUT2D eigenvalue weighted by molar-refractivity contribution is 0.103. The zero-order valence-corrected chi connectivity index (χ0v) is 17.1. The van der Waals surface area contributed by atoms with Gasteiger partial charge in [0.15, 0.2) is 0 Å². The highest BCUT2D eigenvalue weighted by Gasteiger charge is 2.30. The van der Waals surface area contributed by atoms with Gasteiger partial charge < -0.3 is 14.9 Å². The van der Waals surface area contributed by atoms with Crippen molar-refractivity contribution in [1.29, 1.82) is 0 Å². The molecule has 5 aromatic rings. The number of carbonyl (C=O) groups is 1. The maximum atomic E-state index is 13.3. The zero-order valence-electron chi connectivity index (χ0n) is 17.1.